The van der Waals surface area contributed by atoms with Gasteiger partial charge >= 0.3 is 0 Å². The molecule has 2 heteroatoms. The average molecular weight is 255 g/mol. The largest absolute Gasteiger partial charge is 0.375 e. The summed E-state index contributed by atoms with van der Waals surface area (Å²) in [5.74, 6) is 0. The molecule has 0 spiro atoms. The number of nitrogens with zero attached hydrogens (tertiary/aromatic N) is 1. The minimum atomic E-state index is -0.205. The quantitative estimate of drug-likeness (QED) is 0.808. The molecule has 0 N–H and O–H groups in total. The van der Waals surface area contributed by atoms with E-state index in [2.05, 4.69) is 37.3 Å². The van der Waals surface area contributed by atoms with Crippen molar-refractivity contribution >= 4 is 0 Å². The van der Waals surface area contributed by atoms with Gasteiger partial charge in [0.1, 0.15) is 0 Å². The molecule has 1 heterocycles. The van der Waals surface area contributed by atoms with Crippen LogP contribution in [0.15, 0.2) is 24.3 Å². The first-order valence-corrected chi connectivity index (χ1v) is 7.34. The fourth-order valence-electron chi connectivity index (χ4n) is 3.59. The van der Waals surface area contributed by atoms with Crippen molar-refractivity contribution < 1.29 is 4.74 Å². The van der Waals surface area contributed by atoms with Gasteiger partial charge in [0.25, 0.3) is 0 Å². The lowest BCUT2D eigenvalue weighted by molar-refractivity contribution is 0.0294. The van der Waals surface area contributed by atoms with Crippen molar-refractivity contribution in [1.82, 2.24) is 0 Å². The maximum Gasteiger partial charge on any atom is 0.0694 e. The molecular weight excluding hydrogens is 234 g/mol. The third-order valence-corrected chi connectivity index (χ3v) is 4.70. The normalized spacial score (nSPS) is 33.7. The van der Waals surface area contributed by atoms with Gasteiger partial charge in [-0.1, -0.05) is 24.3 Å². The first kappa shape index (κ1) is 12.7. The van der Waals surface area contributed by atoms with Crippen molar-refractivity contribution in [2.45, 2.75) is 57.7 Å². The minimum Gasteiger partial charge on any atom is -0.375 e. The lowest BCUT2D eigenvalue weighted by atomic mass is 9.69. The molecule has 1 aliphatic carbocycles. The zero-order valence-corrected chi connectivity index (χ0v) is 11.6. The van der Waals surface area contributed by atoms with Gasteiger partial charge in [0.2, 0.25) is 0 Å². The fourth-order valence-corrected chi connectivity index (χ4v) is 3.59. The number of hydrogen-bond donors (Lipinski definition) is 0. The summed E-state index contributed by atoms with van der Waals surface area (Å²) in [7, 11) is 0. The van der Waals surface area contributed by atoms with Crippen molar-refractivity contribution in [2.24, 2.45) is 5.41 Å². The Balaban J connectivity index is 1.77. The summed E-state index contributed by atoms with van der Waals surface area (Å²) in [5, 5.41) is 9.69. The molecule has 0 amide bonds. The van der Waals surface area contributed by atoms with Crippen molar-refractivity contribution in [3.8, 4) is 6.07 Å². The van der Waals surface area contributed by atoms with E-state index in [1.165, 1.54) is 11.1 Å². The number of benzene rings is 1. The smallest absolute Gasteiger partial charge is 0.0694 e. The fraction of sp³-hybridized carbons (Fsp3) is 0.588. The van der Waals surface area contributed by atoms with Crippen LogP contribution in [-0.2, 0) is 17.6 Å². The van der Waals surface area contributed by atoms with Gasteiger partial charge in [0.15, 0.2) is 0 Å². The maximum absolute atomic E-state index is 9.69. The Morgan fingerprint density at radius 1 is 1.32 bits per heavy atom. The summed E-state index contributed by atoms with van der Waals surface area (Å²) in [4.78, 5) is 0. The molecule has 0 aromatic heterocycles. The van der Waals surface area contributed by atoms with E-state index in [1.54, 1.807) is 0 Å². The number of hydrogen-bond acceptors (Lipinski definition) is 2. The van der Waals surface area contributed by atoms with E-state index in [1.807, 2.05) is 0 Å². The number of aryl methyl sites for hydroxylation is 1. The van der Waals surface area contributed by atoms with Crippen LogP contribution in [0.3, 0.4) is 0 Å². The highest BCUT2D eigenvalue weighted by Gasteiger charge is 2.38. The first-order chi connectivity index (χ1) is 9.21. The van der Waals surface area contributed by atoms with Crippen LogP contribution in [0.4, 0.5) is 0 Å². The van der Waals surface area contributed by atoms with Gasteiger partial charge in [0, 0.05) is 0 Å². The summed E-state index contributed by atoms with van der Waals surface area (Å²) in [6, 6.07) is 11.2. The van der Waals surface area contributed by atoms with Crippen LogP contribution in [0, 0.1) is 16.7 Å². The van der Waals surface area contributed by atoms with Gasteiger partial charge < -0.3 is 4.74 Å². The molecule has 0 saturated carbocycles. The topological polar surface area (TPSA) is 33.0 Å². The molecule has 1 aliphatic heterocycles. The third kappa shape index (κ3) is 2.53. The van der Waals surface area contributed by atoms with Gasteiger partial charge in [-0.2, -0.15) is 5.26 Å². The van der Waals surface area contributed by atoms with Crippen LogP contribution in [0.1, 0.15) is 43.7 Å². The summed E-state index contributed by atoms with van der Waals surface area (Å²) in [5.41, 5.74) is 2.58. The van der Waals surface area contributed by atoms with Crippen LogP contribution < -0.4 is 0 Å². The van der Waals surface area contributed by atoms with Gasteiger partial charge in [-0.25, -0.2) is 0 Å². The van der Waals surface area contributed by atoms with E-state index < -0.39 is 0 Å². The summed E-state index contributed by atoms with van der Waals surface area (Å²) < 4.78 is 5.93. The zero-order valence-electron chi connectivity index (χ0n) is 11.6. The monoisotopic (exact) mass is 255 g/mol. The van der Waals surface area contributed by atoms with Crippen LogP contribution in [0.5, 0.6) is 0 Å². The zero-order chi connectivity index (χ0) is 13.3. The van der Waals surface area contributed by atoms with Gasteiger partial charge in [0.05, 0.1) is 23.7 Å². The van der Waals surface area contributed by atoms with Crippen molar-refractivity contribution in [1.29, 1.82) is 5.26 Å². The highest BCUT2D eigenvalue weighted by atomic mass is 16.5. The standard InChI is InChI=1S/C17H21NO/c1-13-6-7-16(19-13)11-17(12-18)9-8-14-4-2-3-5-15(14)10-17/h2-5,13,16H,6-11H2,1H3. The molecule has 3 atom stereocenters. The summed E-state index contributed by atoms with van der Waals surface area (Å²) in [6.07, 6.45) is 6.74. The molecule has 0 bridgehead atoms. The van der Waals surface area contributed by atoms with E-state index in [0.717, 1.165) is 38.5 Å². The van der Waals surface area contributed by atoms with Gasteiger partial charge in [-0.05, 0) is 56.6 Å². The Hall–Kier alpha value is -1.33. The average Bonchev–Trinajstić information content (AvgIpc) is 2.84. The molecule has 0 radical (unpaired) electrons. The molecule has 1 saturated heterocycles. The van der Waals surface area contributed by atoms with E-state index in [4.69, 9.17) is 4.74 Å². The predicted octanol–water partition coefficient (Wildman–Crippen LogP) is 3.64. The van der Waals surface area contributed by atoms with E-state index in [9.17, 15) is 5.26 Å². The lowest BCUT2D eigenvalue weighted by Crippen LogP contribution is -2.31. The molecule has 3 rings (SSSR count). The van der Waals surface area contributed by atoms with E-state index in [-0.39, 0.29) is 5.41 Å². The molecule has 1 fully saturated rings. The Bertz CT molecular complexity index is 504. The second-order valence-corrected chi connectivity index (χ2v) is 6.19. The van der Waals surface area contributed by atoms with Crippen LogP contribution in [0.2, 0.25) is 0 Å². The van der Waals surface area contributed by atoms with Crippen molar-refractivity contribution in [3.05, 3.63) is 35.4 Å². The molecule has 1 aromatic rings. The van der Waals surface area contributed by atoms with Crippen LogP contribution >= 0.6 is 0 Å². The molecule has 2 nitrogen and oxygen atoms in total. The highest BCUT2D eigenvalue weighted by Crippen LogP contribution is 2.41. The van der Waals surface area contributed by atoms with E-state index in [0.29, 0.717) is 12.2 Å². The van der Waals surface area contributed by atoms with Crippen LogP contribution in [-0.4, -0.2) is 12.2 Å². The number of fused-ring (bicyclic) bond motifs is 1. The summed E-state index contributed by atoms with van der Waals surface area (Å²) in [6.45, 7) is 2.13. The second-order valence-electron chi connectivity index (χ2n) is 6.19. The Labute approximate surface area is 115 Å². The van der Waals surface area contributed by atoms with Crippen molar-refractivity contribution in [3.63, 3.8) is 0 Å². The third-order valence-electron chi connectivity index (χ3n) is 4.70. The molecule has 19 heavy (non-hydrogen) atoms. The molecule has 1 aromatic carbocycles. The number of nitriles is 1. The van der Waals surface area contributed by atoms with Crippen LogP contribution in [0.25, 0.3) is 0 Å². The molecule has 2 aliphatic rings. The predicted molar refractivity (Wildman–Crippen MR) is 74.7 cm³/mol. The molecule has 100 valence electrons. The molecule has 3 unspecified atom stereocenters. The van der Waals surface area contributed by atoms with E-state index >= 15 is 0 Å². The lowest BCUT2D eigenvalue weighted by Gasteiger charge is -2.34. The maximum atomic E-state index is 9.69. The Morgan fingerprint density at radius 2 is 2.11 bits per heavy atom. The SMILES string of the molecule is CC1CCC(CC2(C#N)CCc3ccccc3C2)O1. The number of ether oxygens (including phenoxy) is 1. The summed E-state index contributed by atoms with van der Waals surface area (Å²) >= 11 is 0. The van der Waals surface area contributed by atoms with Gasteiger partial charge in [-0.15, -0.1) is 0 Å². The Morgan fingerprint density at radius 3 is 2.79 bits per heavy atom. The second kappa shape index (κ2) is 4.98. The van der Waals surface area contributed by atoms with Crippen molar-refractivity contribution in [2.75, 3.05) is 0 Å². The Kier molecular flexibility index (Phi) is 3.33. The minimum absolute atomic E-state index is 0.205. The molecular formula is C17H21NO. The highest BCUT2D eigenvalue weighted by molar-refractivity contribution is 5.33. The first-order valence-electron chi connectivity index (χ1n) is 7.34. The van der Waals surface area contributed by atoms with Gasteiger partial charge in [-0.3, -0.25) is 0 Å². The number of rotatable bonds is 2.